The van der Waals surface area contributed by atoms with Gasteiger partial charge in [-0.2, -0.15) is 0 Å². The Hall–Kier alpha value is -4.11. The zero-order valence-electron chi connectivity index (χ0n) is 24.7. The number of rotatable bonds is 9. The lowest BCUT2D eigenvalue weighted by molar-refractivity contribution is -0.136. The van der Waals surface area contributed by atoms with E-state index in [1.54, 1.807) is 17.7 Å². The number of piperidine rings is 1. The minimum absolute atomic E-state index is 0.0221. The maximum atomic E-state index is 12.3. The molecule has 0 spiro atoms. The average molecular weight is 573 g/mol. The number of aromatic nitrogens is 2. The predicted octanol–water partition coefficient (Wildman–Crippen LogP) is 3.66. The van der Waals surface area contributed by atoms with Crippen molar-refractivity contribution in [3.8, 4) is 5.75 Å². The molecule has 9 heteroatoms. The first-order valence-corrected chi connectivity index (χ1v) is 14.7. The molecular weight excluding hydrogens is 532 g/mol. The van der Waals surface area contributed by atoms with Crippen LogP contribution in [0.1, 0.15) is 47.9 Å². The second-order valence-corrected chi connectivity index (χ2v) is 11.5. The Labute approximate surface area is 246 Å². The number of nitrogens with zero attached hydrogens (tertiary/aromatic N) is 4. The first kappa shape index (κ1) is 29.4. The number of benzene rings is 2. The third kappa shape index (κ3) is 6.51. The second-order valence-electron chi connectivity index (χ2n) is 11.5. The molecule has 1 saturated heterocycles. The fourth-order valence-corrected chi connectivity index (χ4v) is 6.05. The Balaban J connectivity index is 1.19. The van der Waals surface area contributed by atoms with Gasteiger partial charge in [0.2, 0.25) is 0 Å². The SMILES string of the molecule is CN(CC/C=C1/c2ccccc2COc2ccc(CC(=O)O)cc21)CCC1CCN(c2cc(=O)n(C)c(=O)n2C)CC1. The van der Waals surface area contributed by atoms with Gasteiger partial charge < -0.3 is 19.6 Å². The molecule has 0 radical (unpaired) electrons. The van der Waals surface area contributed by atoms with Crippen LogP contribution in [-0.2, 0) is 31.9 Å². The number of ether oxygens (including phenoxy) is 1. The van der Waals surface area contributed by atoms with Gasteiger partial charge in [-0.05, 0) is 79.6 Å². The zero-order valence-corrected chi connectivity index (χ0v) is 24.7. The van der Waals surface area contributed by atoms with Crippen LogP contribution >= 0.6 is 0 Å². The van der Waals surface area contributed by atoms with E-state index in [1.807, 2.05) is 30.3 Å². The van der Waals surface area contributed by atoms with Crippen LogP contribution < -0.4 is 20.9 Å². The van der Waals surface area contributed by atoms with Gasteiger partial charge in [0.1, 0.15) is 18.2 Å². The number of fused-ring (bicyclic) bond motifs is 2. The molecule has 1 aromatic heterocycles. The van der Waals surface area contributed by atoms with Crippen molar-refractivity contribution in [3.63, 3.8) is 0 Å². The van der Waals surface area contributed by atoms with Crippen LogP contribution in [0.4, 0.5) is 5.82 Å². The normalized spacial score (nSPS) is 16.2. The summed E-state index contributed by atoms with van der Waals surface area (Å²) in [7, 11) is 5.39. The summed E-state index contributed by atoms with van der Waals surface area (Å²) in [5.74, 6) is 1.24. The average Bonchev–Trinajstić information content (AvgIpc) is 3.13. The number of aliphatic carboxylic acids is 1. The number of hydrogen-bond acceptors (Lipinski definition) is 6. The Morgan fingerprint density at radius 1 is 1.02 bits per heavy atom. The zero-order chi connectivity index (χ0) is 29.8. The number of hydrogen-bond donors (Lipinski definition) is 1. The molecule has 0 atom stereocenters. The van der Waals surface area contributed by atoms with Crippen molar-refractivity contribution in [1.82, 2.24) is 14.0 Å². The summed E-state index contributed by atoms with van der Waals surface area (Å²) in [4.78, 5) is 40.4. The predicted molar refractivity (Wildman–Crippen MR) is 164 cm³/mol. The second kappa shape index (κ2) is 12.8. The van der Waals surface area contributed by atoms with Crippen LogP contribution in [0.15, 0.2) is 64.2 Å². The summed E-state index contributed by atoms with van der Waals surface area (Å²) in [6.45, 7) is 4.06. The van der Waals surface area contributed by atoms with Crippen molar-refractivity contribution in [2.24, 2.45) is 20.0 Å². The van der Waals surface area contributed by atoms with E-state index in [2.05, 4.69) is 35.1 Å². The van der Waals surface area contributed by atoms with E-state index in [1.165, 1.54) is 7.05 Å². The minimum atomic E-state index is -0.848. The fourth-order valence-electron chi connectivity index (χ4n) is 6.05. The molecule has 0 amide bonds. The van der Waals surface area contributed by atoms with Gasteiger partial charge in [-0.1, -0.05) is 36.4 Å². The largest absolute Gasteiger partial charge is 0.488 e. The lowest BCUT2D eigenvalue weighted by Crippen LogP contribution is -2.43. The highest BCUT2D eigenvalue weighted by Crippen LogP contribution is 2.37. The van der Waals surface area contributed by atoms with Crippen LogP contribution in [0.2, 0.25) is 0 Å². The molecule has 42 heavy (non-hydrogen) atoms. The Morgan fingerprint density at radius 3 is 2.55 bits per heavy atom. The molecule has 9 nitrogen and oxygen atoms in total. The van der Waals surface area contributed by atoms with Gasteiger partial charge in [-0.15, -0.1) is 0 Å². The molecule has 5 rings (SSSR count). The van der Waals surface area contributed by atoms with Crippen LogP contribution in [0.3, 0.4) is 0 Å². The quantitative estimate of drug-likeness (QED) is 0.418. The lowest BCUT2D eigenvalue weighted by Gasteiger charge is -2.34. The Kier molecular flexibility index (Phi) is 8.97. The van der Waals surface area contributed by atoms with Crippen LogP contribution in [0.5, 0.6) is 5.75 Å². The summed E-state index contributed by atoms with van der Waals surface area (Å²) >= 11 is 0. The Bertz CT molecular complexity index is 1600. The monoisotopic (exact) mass is 572 g/mol. The molecule has 2 aliphatic heterocycles. The third-order valence-corrected chi connectivity index (χ3v) is 8.60. The van der Waals surface area contributed by atoms with E-state index in [4.69, 9.17) is 4.74 Å². The van der Waals surface area contributed by atoms with Gasteiger partial charge in [0.15, 0.2) is 0 Å². The molecule has 1 N–H and O–H groups in total. The number of carbonyl (C=O) groups is 1. The molecule has 2 aliphatic rings. The third-order valence-electron chi connectivity index (χ3n) is 8.60. The molecule has 0 aliphatic carbocycles. The number of carboxylic acid groups (broad SMARTS) is 1. The van der Waals surface area contributed by atoms with Gasteiger partial charge in [0.05, 0.1) is 6.42 Å². The van der Waals surface area contributed by atoms with Crippen molar-refractivity contribution in [2.45, 2.75) is 38.7 Å². The maximum absolute atomic E-state index is 12.3. The number of anilines is 1. The molecule has 0 saturated carbocycles. The van der Waals surface area contributed by atoms with Crippen molar-refractivity contribution in [1.29, 1.82) is 0 Å². The highest BCUT2D eigenvalue weighted by molar-refractivity contribution is 5.85. The molecular formula is C33H40N4O5. The summed E-state index contributed by atoms with van der Waals surface area (Å²) in [6.07, 6.45) is 6.28. The van der Waals surface area contributed by atoms with Gasteiger partial charge in [-0.25, -0.2) is 4.79 Å². The standard InChI is InChI=1S/C33H40N4O5/c1-34(16-12-23-13-17-37(18-14-23)30-21-31(38)36(3)33(41)35(30)2)15-6-9-27-26-8-5-4-7-25(26)22-42-29-11-10-24(19-28(27)29)20-32(39)40/h4-5,7-11,19,21,23H,6,12-18,20,22H2,1-3H3,(H,39,40)/b27-9-. The van der Waals surface area contributed by atoms with Gasteiger partial charge in [0.25, 0.3) is 5.56 Å². The highest BCUT2D eigenvalue weighted by atomic mass is 16.5. The molecule has 0 unspecified atom stereocenters. The van der Waals surface area contributed by atoms with Crippen molar-refractivity contribution < 1.29 is 14.6 Å². The summed E-state index contributed by atoms with van der Waals surface area (Å²) in [6, 6.07) is 15.5. The van der Waals surface area contributed by atoms with Crippen LogP contribution in [0.25, 0.3) is 5.57 Å². The van der Waals surface area contributed by atoms with E-state index in [0.29, 0.717) is 18.3 Å². The van der Waals surface area contributed by atoms with E-state index >= 15 is 0 Å². The minimum Gasteiger partial charge on any atom is -0.488 e. The Morgan fingerprint density at radius 2 is 1.79 bits per heavy atom. The smallest absolute Gasteiger partial charge is 0.332 e. The molecule has 1 fully saturated rings. The highest BCUT2D eigenvalue weighted by Gasteiger charge is 2.23. The maximum Gasteiger partial charge on any atom is 0.332 e. The van der Waals surface area contributed by atoms with Gasteiger partial charge in [-0.3, -0.25) is 18.7 Å². The topological polar surface area (TPSA) is 97.0 Å². The van der Waals surface area contributed by atoms with Crippen molar-refractivity contribution >= 4 is 17.4 Å². The summed E-state index contributed by atoms with van der Waals surface area (Å²) in [5, 5.41) is 9.32. The van der Waals surface area contributed by atoms with Crippen molar-refractivity contribution in [3.05, 3.63) is 97.7 Å². The molecule has 0 bridgehead atoms. The molecule has 222 valence electrons. The number of carboxylic acids is 1. The molecule has 2 aromatic carbocycles. The van der Waals surface area contributed by atoms with E-state index in [-0.39, 0.29) is 17.7 Å². The summed E-state index contributed by atoms with van der Waals surface area (Å²) in [5.41, 5.74) is 4.49. The first-order chi connectivity index (χ1) is 20.2. The van der Waals surface area contributed by atoms with E-state index in [0.717, 1.165) is 90.0 Å². The fraction of sp³-hybridized carbons (Fsp3) is 0.424. The van der Waals surface area contributed by atoms with Gasteiger partial charge in [0, 0.05) is 45.4 Å². The molecule has 3 heterocycles. The van der Waals surface area contributed by atoms with Crippen molar-refractivity contribution in [2.75, 3.05) is 38.1 Å². The van der Waals surface area contributed by atoms with Gasteiger partial charge >= 0.3 is 11.7 Å². The first-order valence-electron chi connectivity index (χ1n) is 14.7. The van der Waals surface area contributed by atoms with Crippen LogP contribution in [0, 0.1) is 5.92 Å². The summed E-state index contributed by atoms with van der Waals surface area (Å²) < 4.78 is 8.82. The lowest BCUT2D eigenvalue weighted by atomic mass is 9.92. The van der Waals surface area contributed by atoms with E-state index < -0.39 is 5.97 Å². The van der Waals surface area contributed by atoms with E-state index in [9.17, 15) is 19.5 Å². The molecule has 3 aromatic rings. The van der Waals surface area contributed by atoms with Crippen LogP contribution in [-0.4, -0.2) is 58.3 Å².